The summed E-state index contributed by atoms with van der Waals surface area (Å²) in [6.45, 7) is 6.39. The molecule has 1 aliphatic rings. The quantitative estimate of drug-likeness (QED) is 0.785. The average molecular weight is 291 g/mol. The topological polar surface area (TPSA) is 47.6 Å². The summed E-state index contributed by atoms with van der Waals surface area (Å²) in [6, 6.07) is 8.05. The maximum Gasteiger partial charge on any atom is 0.329 e. The lowest BCUT2D eigenvalue weighted by molar-refractivity contribution is -0.151. The van der Waals surface area contributed by atoms with Crippen molar-refractivity contribution in [1.82, 2.24) is 5.32 Å². The lowest BCUT2D eigenvalue weighted by atomic mass is 9.93. The number of hydrogen-bond acceptors (Lipinski definition) is 4. The second-order valence-electron chi connectivity index (χ2n) is 6.14. The minimum atomic E-state index is -0.743. The van der Waals surface area contributed by atoms with Crippen molar-refractivity contribution in [3.63, 3.8) is 0 Å². The molecule has 2 rings (SSSR count). The highest BCUT2D eigenvalue weighted by Gasteiger charge is 2.53. The maximum atomic E-state index is 12.4. The van der Waals surface area contributed by atoms with E-state index in [4.69, 9.17) is 9.47 Å². The minimum Gasteiger partial charge on any atom is -0.491 e. The fourth-order valence-corrected chi connectivity index (χ4v) is 2.74. The normalized spacial score (nSPS) is 17.4. The molecular formula is C17H25NO3. The van der Waals surface area contributed by atoms with E-state index in [1.165, 1.54) is 7.11 Å². The van der Waals surface area contributed by atoms with Gasteiger partial charge in [-0.3, -0.25) is 5.32 Å². The lowest BCUT2D eigenvalue weighted by Crippen LogP contribution is -2.60. The first-order chi connectivity index (χ1) is 9.98. The van der Waals surface area contributed by atoms with Crippen molar-refractivity contribution in [3.05, 3.63) is 29.8 Å². The summed E-state index contributed by atoms with van der Waals surface area (Å²) in [5, 5.41) is 3.39. The molecule has 0 heterocycles. The number of nitrogens with one attached hydrogen (secondary N) is 1. The monoisotopic (exact) mass is 291 g/mol. The summed E-state index contributed by atoms with van der Waals surface area (Å²) in [4.78, 5) is 12.4. The van der Waals surface area contributed by atoms with Crippen LogP contribution in [0.25, 0.3) is 0 Å². The van der Waals surface area contributed by atoms with Crippen LogP contribution in [0.4, 0.5) is 0 Å². The Kier molecular flexibility index (Phi) is 4.88. The Morgan fingerprint density at radius 3 is 2.67 bits per heavy atom. The summed E-state index contributed by atoms with van der Waals surface area (Å²) in [5.74, 6) is 0.845. The van der Waals surface area contributed by atoms with E-state index in [0.717, 1.165) is 24.2 Å². The first-order valence-electron chi connectivity index (χ1n) is 7.53. The highest BCUT2D eigenvalue weighted by molar-refractivity contribution is 5.82. The van der Waals surface area contributed by atoms with Gasteiger partial charge in [-0.05, 0) is 57.2 Å². The molecule has 4 nitrogen and oxygen atoms in total. The zero-order chi connectivity index (χ0) is 15.5. The van der Waals surface area contributed by atoms with Crippen molar-refractivity contribution in [3.8, 4) is 5.75 Å². The van der Waals surface area contributed by atoms with E-state index in [9.17, 15) is 4.79 Å². The lowest BCUT2D eigenvalue weighted by Gasteiger charge is -2.34. The summed E-state index contributed by atoms with van der Waals surface area (Å²) >= 11 is 0. The van der Waals surface area contributed by atoms with E-state index >= 15 is 0 Å². The van der Waals surface area contributed by atoms with Crippen LogP contribution in [0.1, 0.15) is 32.3 Å². The Morgan fingerprint density at radius 1 is 1.43 bits per heavy atom. The first-order valence-corrected chi connectivity index (χ1v) is 7.53. The Morgan fingerprint density at radius 2 is 2.14 bits per heavy atom. The van der Waals surface area contributed by atoms with Crippen molar-refractivity contribution < 1.29 is 14.3 Å². The van der Waals surface area contributed by atoms with Crippen LogP contribution in [-0.4, -0.2) is 31.3 Å². The van der Waals surface area contributed by atoms with Gasteiger partial charge in [0, 0.05) is 6.04 Å². The van der Waals surface area contributed by atoms with Gasteiger partial charge in [-0.15, -0.1) is 0 Å². The number of aryl methyl sites for hydroxylation is 1. The fourth-order valence-electron chi connectivity index (χ4n) is 2.74. The van der Waals surface area contributed by atoms with E-state index in [2.05, 4.69) is 5.32 Å². The Balaban J connectivity index is 2.16. The van der Waals surface area contributed by atoms with E-state index < -0.39 is 5.54 Å². The number of benzene rings is 1. The maximum absolute atomic E-state index is 12.4. The SMILES string of the molecule is COC(=O)C(COc1cccc(C)c1)(NC(C)C)C1CC1. The largest absolute Gasteiger partial charge is 0.491 e. The van der Waals surface area contributed by atoms with Gasteiger partial charge in [-0.25, -0.2) is 4.79 Å². The Labute approximate surface area is 126 Å². The van der Waals surface area contributed by atoms with Crippen LogP contribution in [0.5, 0.6) is 5.75 Å². The molecule has 1 atom stereocenters. The fraction of sp³-hybridized carbons (Fsp3) is 0.588. The Bertz CT molecular complexity index is 497. The predicted molar refractivity (Wildman–Crippen MR) is 82.4 cm³/mol. The van der Waals surface area contributed by atoms with E-state index in [1.54, 1.807) is 0 Å². The highest BCUT2D eigenvalue weighted by Crippen LogP contribution is 2.41. The molecule has 0 radical (unpaired) electrons. The van der Waals surface area contributed by atoms with Gasteiger partial charge in [0.2, 0.25) is 0 Å². The molecule has 4 heteroatoms. The van der Waals surface area contributed by atoms with Gasteiger partial charge in [0.25, 0.3) is 0 Å². The molecule has 0 bridgehead atoms. The first kappa shape index (κ1) is 15.8. The van der Waals surface area contributed by atoms with Crippen LogP contribution >= 0.6 is 0 Å². The molecule has 1 aromatic rings. The molecule has 1 saturated carbocycles. The third-order valence-electron chi connectivity index (χ3n) is 3.83. The van der Waals surface area contributed by atoms with Crippen molar-refractivity contribution >= 4 is 5.97 Å². The van der Waals surface area contributed by atoms with Gasteiger partial charge >= 0.3 is 5.97 Å². The molecule has 0 saturated heterocycles. The number of esters is 1. The zero-order valence-electron chi connectivity index (χ0n) is 13.3. The van der Waals surface area contributed by atoms with Crippen LogP contribution < -0.4 is 10.1 Å². The number of rotatable bonds is 7. The molecule has 116 valence electrons. The number of hydrogen-bond donors (Lipinski definition) is 1. The van der Waals surface area contributed by atoms with Crippen molar-refractivity contribution in [2.45, 2.75) is 45.2 Å². The van der Waals surface area contributed by atoms with E-state index in [0.29, 0.717) is 6.61 Å². The van der Waals surface area contributed by atoms with Crippen molar-refractivity contribution in [1.29, 1.82) is 0 Å². The van der Waals surface area contributed by atoms with Crippen LogP contribution in [-0.2, 0) is 9.53 Å². The van der Waals surface area contributed by atoms with E-state index in [1.807, 2.05) is 45.0 Å². The summed E-state index contributed by atoms with van der Waals surface area (Å²) in [6.07, 6.45) is 2.07. The van der Waals surface area contributed by atoms with Gasteiger partial charge in [-0.1, -0.05) is 12.1 Å². The van der Waals surface area contributed by atoms with Gasteiger partial charge < -0.3 is 9.47 Å². The smallest absolute Gasteiger partial charge is 0.329 e. The van der Waals surface area contributed by atoms with Crippen LogP contribution in [0.2, 0.25) is 0 Å². The molecule has 1 N–H and O–H groups in total. The van der Waals surface area contributed by atoms with Gasteiger partial charge in [-0.2, -0.15) is 0 Å². The summed E-state index contributed by atoms with van der Waals surface area (Å²) in [5.41, 5.74) is 0.395. The predicted octanol–water partition coefficient (Wildman–Crippen LogP) is 2.69. The van der Waals surface area contributed by atoms with Crippen molar-refractivity contribution in [2.24, 2.45) is 5.92 Å². The zero-order valence-corrected chi connectivity index (χ0v) is 13.3. The molecule has 0 aromatic heterocycles. The van der Waals surface area contributed by atoms with Crippen LogP contribution in [0.3, 0.4) is 0 Å². The highest BCUT2D eigenvalue weighted by atomic mass is 16.5. The molecule has 0 aliphatic heterocycles. The van der Waals surface area contributed by atoms with E-state index in [-0.39, 0.29) is 17.9 Å². The second-order valence-corrected chi connectivity index (χ2v) is 6.14. The number of methoxy groups -OCH3 is 1. The minimum absolute atomic E-state index is 0.186. The molecular weight excluding hydrogens is 266 g/mol. The molecule has 21 heavy (non-hydrogen) atoms. The number of ether oxygens (including phenoxy) is 2. The van der Waals surface area contributed by atoms with Gasteiger partial charge in [0.15, 0.2) is 5.54 Å². The Hall–Kier alpha value is -1.55. The molecule has 0 amide bonds. The van der Waals surface area contributed by atoms with Gasteiger partial charge in [0.1, 0.15) is 12.4 Å². The average Bonchev–Trinajstić information content (AvgIpc) is 3.27. The summed E-state index contributed by atoms with van der Waals surface area (Å²) in [7, 11) is 1.44. The second kappa shape index (κ2) is 6.48. The standard InChI is InChI=1S/C17H25NO3/c1-12(2)18-17(14-8-9-14,16(19)20-4)11-21-15-7-5-6-13(3)10-15/h5-7,10,12,14,18H,8-9,11H2,1-4H3. The third-order valence-corrected chi connectivity index (χ3v) is 3.83. The number of carbonyl (C=O) groups excluding carboxylic acids is 1. The molecule has 0 spiro atoms. The molecule has 1 unspecified atom stereocenters. The molecule has 1 aliphatic carbocycles. The van der Waals surface area contributed by atoms with Crippen LogP contribution in [0, 0.1) is 12.8 Å². The number of carbonyl (C=O) groups is 1. The third kappa shape index (κ3) is 3.76. The van der Waals surface area contributed by atoms with Crippen molar-refractivity contribution in [2.75, 3.05) is 13.7 Å². The molecule has 1 aromatic carbocycles. The summed E-state index contributed by atoms with van der Waals surface area (Å²) < 4.78 is 11.0. The van der Waals surface area contributed by atoms with Gasteiger partial charge in [0.05, 0.1) is 7.11 Å². The molecule has 1 fully saturated rings. The van der Waals surface area contributed by atoms with Crippen LogP contribution in [0.15, 0.2) is 24.3 Å².